The first-order valence-corrected chi connectivity index (χ1v) is 12.9. The minimum atomic E-state index is -0.671. The summed E-state index contributed by atoms with van der Waals surface area (Å²) in [6.07, 6.45) is 0.446. The number of methoxy groups -OCH3 is 1. The second-order valence-corrected chi connectivity index (χ2v) is 9.54. The third kappa shape index (κ3) is 5.41. The van der Waals surface area contributed by atoms with Gasteiger partial charge in [0.25, 0.3) is 5.91 Å². The summed E-state index contributed by atoms with van der Waals surface area (Å²) in [6.45, 7) is 0.340. The molecule has 2 amide bonds. The average Bonchev–Trinajstić information content (AvgIpc) is 3.26. The van der Waals surface area contributed by atoms with E-state index >= 15 is 0 Å². The topological polar surface area (TPSA) is 83.4 Å². The molecule has 0 fully saturated rings. The molecule has 5 rings (SSSR count). The maximum absolute atomic E-state index is 13.4. The number of halogens is 1. The Bertz CT molecular complexity index is 1390. The molecule has 1 atom stereocenters. The monoisotopic (exact) mass is 516 g/mol. The van der Waals surface area contributed by atoms with Gasteiger partial charge in [0.2, 0.25) is 5.91 Å². The Morgan fingerprint density at radius 1 is 1.08 bits per heavy atom. The lowest BCUT2D eigenvalue weighted by molar-refractivity contribution is -0.125. The van der Waals surface area contributed by atoms with E-state index in [9.17, 15) is 14.0 Å². The Morgan fingerprint density at radius 2 is 1.84 bits per heavy atom. The number of fused-ring (bicyclic) bond motifs is 3. The molecule has 9 heteroatoms. The van der Waals surface area contributed by atoms with E-state index in [4.69, 9.17) is 14.7 Å². The van der Waals surface area contributed by atoms with Gasteiger partial charge in [-0.25, -0.2) is 14.3 Å². The van der Waals surface area contributed by atoms with E-state index < -0.39 is 6.04 Å². The number of thioether (sulfide) groups is 1. The van der Waals surface area contributed by atoms with E-state index in [2.05, 4.69) is 5.32 Å². The van der Waals surface area contributed by atoms with Crippen molar-refractivity contribution in [3.63, 3.8) is 0 Å². The second kappa shape index (κ2) is 11.0. The highest BCUT2D eigenvalue weighted by Crippen LogP contribution is 2.35. The smallest absolute Gasteiger partial charge is 0.259 e. The molecule has 2 aliphatic heterocycles. The fourth-order valence-corrected chi connectivity index (χ4v) is 5.17. The first-order chi connectivity index (χ1) is 18.0. The van der Waals surface area contributed by atoms with Crippen LogP contribution in [0.15, 0.2) is 82.8 Å². The molecule has 0 saturated carbocycles. The third-order valence-electron chi connectivity index (χ3n) is 6.14. The van der Waals surface area contributed by atoms with E-state index in [1.807, 2.05) is 48.5 Å². The number of para-hydroxylation sites is 2. The molecule has 2 heterocycles. The Hall–Kier alpha value is -3.98. The van der Waals surface area contributed by atoms with E-state index in [0.717, 1.165) is 22.4 Å². The van der Waals surface area contributed by atoms with Crippen LogP contribution in [0, 0.1) is 5.82 Å². The molecule has 7 nitrogen and oxygen atoms in total. The highest BCUT2D eigenvalue weighted by Gasteiger charge is 2.41. The van der Waals surface area contributed by atoms with Crippen molar-refractivity contribution in [1.82, 2.24) is 10.2 Å². The number of ether oxygens (including phenoxy) is 1. The molecule has 0 bridgehead atoms. The van der Waals surface area contributed by atoms with Crippen molar-refractivity contribution in [1.29, 1.82) is 0 Å². The van der Waals surface area contributed by atoms with Gasteiger partial charge in [0.05, 0.1) is 12.8 Å². The largest absolute Gasteiger partial charge is 0.496 e. The molecule has 3 aromatic rings. The molecule has 3 aromatic carbocycles. The Balaban J connectivity index is 1.27. The molecule has 2 aliphatic rings. The Labute approximate surface area is 218 Å². The van der Waals surface area contributed by atoms with Gasteiger partial charge in [0.15, 0.2) is 5.17 Å². The number of benzene rings is 3. The highest BCUT2D eigenvalue weighted by atomic mass is 32.2. The van der Waals surface area contributed by atoms with Crippen molar-refractivity contribution in [2.45, 2.75) is 31.2 Å². The fourth-order valence-electron chi connectivity index (χ4n) is 4.21. The zero-order valence-electron chi connectivity index (χ0n) is 20.2. The van der Waals surface area contributed by atoms with Gasteiger partial charge in [-0.1, -0.05) is 54.2 Å². The second-order valence-electron chi connectivity index (χ2n) is 8.60. The van der Waals surface area contributed by atoms with Crippen LogP contribution in [-0.4, -0.2) is 40.9 Å². The maximum Gasteiger partial charge on any atom is 0.259 e. The predicted molar refractivity (Wildman–Crippen MR) is 142 cm³/mol. The van der Waals surface area contributed by atoms with Crippen LogP contribution in [-0.2, 0) is 21.9 Å². The van der Waals surface area contributed by atoms with Gasteiger partial charge in [0.1, 0.15) is 23.4 Å². The normalized spacial score (nSPS) is 16.0. The molecule has 0 unspecified atom stereocenters. The van der Waals surface area contributed by atoms with E-state index in [1.165, 1.54) is 23.9 Å². The van der Waals surface area contributed by atoms with Crippen molar-refractivity contribution < 1.29 is 18.7 Å². The SMILES string of the molecule is COc1ccccc1CNC(=O)CC[C@@H]1N=C2c3ccccc3N=C(SCc3ccc(F)cc3)N2C1=O. The summed E-state index contributed by atoms with van der Waals surface area (Å²) in [5.74, 6) is 1.12. The van der Waals surface area contributed by atoms with Crippen LogP contribution in [0.2, 0.25) is 0 Å². The summed E-state index contributed by atoms with van der Waals surface area (Å²) >= 11 is 1.40. The highest BCUT2D eigenvalue weighted by molar-refractivity contribution is 8.13. The van der Waals surface area contributed by atoms with Gasteiger partial charge in [-0.2, -0.15) is 0 Å². The quantitative estimate of drug-likeness (QED) is 0.465. The molecule has 0 saturated heterocycles. The van der Waals surface area contributed by atoms with Crippen molar-refractivity contribution in [2.24, 2.45) is 9.98 Å². The van der Waals surface area contributed by atoms with Crippen molar-refractivity contribution >= 4 is 40.3 Å². The summed E-state index contributed by atoms with van der Waals surface area (Å²) in [7, 11) is 1.59. The van der Waals surface area contributed by atoms with Crippen molar-refractivity contribution in [2.75, 3.05) is 7.11 Å². The Morgan fingerprint density at radius 3 is 2.65 bits per heavy atom. The zero-order valence-corrected chi connectivity index (χ0v) is 21.0. The predicted octanol–water partition coefficient (Wildman–Crippen LogP) is 4.82. The summed E-state index contributed by atoms with van der Waals surface area (Å²) in [5, 5.41) is 3.42. The van der Waals surface area contributed by atoms with Crippen LogP contribution in [0.3, 0.4) is 0 Å². The number of aliphatic imine (C=N–C) groups is 2. The maximum atomic E-state index is 13.4. The molecule has 37 heavy (non-hydrogen) atoms. The average molecular weight is 517 g/mol. The number of rotatable bonds is 8. The molecule has 0 radical (unpaired) electrons. The van der Waals surface area contributed by atoms with Crippen LogP contribution in [0.4, 0.5) is 10.1 Å². The summed E-state index contributed by atoms with van der Waals surface area (Å²) < 4.78 is 18.6. The molecular weight excluding hydrogens is 491 g/mol. The third-order valence-corrected chi connectivity index (χ3v) is 7.15. The first kappa shape index (κ1) is 24.7. The molecule has 0 aliphatic carbocycles. The lowest BCUT2D eigenvalue weighted by Gasteiger charge is -2.25. The minimum Gasteiger partial charge on any atom is -0.496 e. The number of carbonyl (C=O) groups excluding carboxylic acids is 2. The number of amides is 2. The number of hydrogen-bond donors (Lipinski definition) is 1. The van der Waals surface area contributed by atoms with E-state index in [-0.39, 0.29) is 30.5 Å². The zero-order chi connectivity index (χ0) is 25.8. The van der Waals surface area contributed by atoms with Gasteiger partial charge in [0, 0.05) is 29.8 Å². The molecule has 1 N–H and O–H groups in total. The van der Waals surface area contributed by atoms with Gasteiger partial charge in [-0.15, -0.1) is 0 Å². The van der Waals surface area contributed by atoms with Crippen LogP contribution in [0.5, 0.6) is 5.75 Å². The van der Waals surface area contributed by atoms with Crippen LogP contribution < -0.4 is 10.1 Å². The van der Waals surface area contributed by atoms with Gasteiger partial charge >= 0.3 is 0 Å². The van der Waals surface area contributed by atoms with Gasteiger partial charge < -0.3 is 10.1 Å². The summed E-state index contributed by atoms with van der Waals surface area (Å²) in [4.78, 5) is 37.0. The van der Waals surface area contributed by atoms with Crippen LogP contribution in [0.1, 0.15) is 29.5 Å². The van der Waals surface area contributed by atoms with Crippen LogP contribution in [0.25, 0.3) is 0 Å². The number of amidine groups is 2. The fraction of sp³-hybridized carbons (Fsp3) is 0.214. The lowest BCUT2D eigenvalue weighted by Crippen LogP contribution is -2.41. The van der Waals surface area contributed by atoms with Crippen molar-refractivity contribution in [3.8, 4) is 5.75 Å². The molecule has 0 spiro atoms. The Kier molecular flexibility index (Phi) is 7.32. The molecular formula is C28H25FN4O3S. The number of carbonyl (C=O) groups is 2. The number of nitrogens with one attached hydrogen (secondary N) is 1. The number of hydrogen-bond acceptors (Lipinski definition) is 6. The number of nitrogens with zero attached hydrogens (tertiary/aromatic N) is 3. The minimum absolute atomic E-state index is 0.160. The summed E-state index contributed by atoms with van der Waals surface area (Å²) in [6, 6.07) is 20.6. The van der Waals surface area contributed by atoms with Crippen LogP contribution >= 0.6 is 11.8 Å². The van der Waals surface area contributed by atoms with Gasteiger partial charge in [-0.05, 0) is 42.3 Å². The van der Waals surface area contributed by atoms with E-state index in [1.54, 1.807) is 24.1 Å². The van der Waals surface area contributed by atoms with E-state index in [0.29, 0.717) is 29.1 Å². The first-order valence-electron chi connectivity index (χ1n) is 11.9. The van der Waals surface area contributed by atoms with Gasteiger partial charge in [-0.3, -0.25) is 14.6 Å². The molecule has 188 valence electrons. The van der Waals surface area contributed by atoms with Crippen molar-refractivity contribution in [3.05, 3.63) is 95.3 Å². The summed E-state index contributed by atoms with van der Waals surface area (Å²) in [5.41, 5.74) is 3.32. The lowest BCUT2D eigenvalue weighted by atomic mass is 10.1. The standard InChI is InChI=1S/C28H25FN4O3S/c1-36-24-9-5-2-6-19(24)16-30-25(34)15-14-23-27(35)33-26(31-23)21-7-3-4-8-22(21)32-28(33)37-17-18-10-12-20(29)13-11-18/h2-13,23H,14-17H2,1H3,(H,30,34)/t23-/m0/s1. The molecule has 0 aromatic heterocycles.